The van der Waals surface area contributed by atoms with Gasteiger partial charge < -0.3 is 10.0 Å². The maximum absolute atomic E-state index is 10.8. The van der Waals surface area contributed by atoms with E-state index in [2.05, 4.69) is 35.2 Å². The zero-order valence-electron chi connectivity index (χ0n) is 10.9. The van der Waals surface area contributed by atoms with E-state index in [4.69, 9.17) is 5.11 Å². The molecule has 2 aromatic carbocycles. The minimum Gasteiger partial charge on any atom is -0.481 e. The van der Waals surface area contributed by atoms with Gasteiger partial charge in [-0.2, -0.15) is 0 Å². The Morgan fingerprint density at radius 2 is 2.00 bits per heavy atom. The molecule has 0 bridgehead atoms. The zero-order chi connectivity index (χ0) is 13.4. The molecule has 0 aromatic heterocycles. The fourth-order valence-electron chi connectivity index (χ4n) is 2.62. The number of aliphatic carboxylic acids is 1. The van der Waals surface area contributed by atoms with Crippen molar-refractivity contribution in [3.8, 4) is 0 Å². The van der Waals surface area contributed by atoms with Crippen LogP contribution < -0.4 is 4.90 Å². The molecule has 1 fully saturated rings. The summed E-state index contributed by atoms with van der Waals surface area (Å²) >= 11 is 0. The molecule has 0 radical (unpaired) electrons. The summed E-state index contributed by atoms with van der Waals surface area (Å²) in [4.78, 5) is 13.0. The summed E-state index contributed by atoms with van der Waals surface area (Å²) in [7, 11) is 2.03. The van der Waals surface area contributed by atoms with Crippen molar-refractivity contribution in [2.45, 2.75) is 6.42 Å². The summed E-state index contributed by atoms with van der Waals surface area (Å²) in [5, 5.41) is 11.4. The highest BCUT2D eigenvalue weighted by molar-refractivity contribution is 5.85. The van der Waals surface area contributed by atoms with Crippen LogP contribution in [0.2, 0.25) is 0 Å². The number of carboxylic acid groups (broad SMARTS) is 1. The van der Waals surface area contributed by atoms with Gasteiger partial charge in [0.2, 0.25) is 0 Å². The standard InChI is InChI=1S/C16H17NO2/c1-17(10-13-9-15(13)16(18)19)14-7-6-11-4-2-3-5-12(11)8-14/h2-8,13,15H,9-10H2,1H3,(H,18,19). The highest BCUT2D eigenvalue weighted by atomic mass is 16.4. The van der Waals surface area contributed by atoms with Gasteiger partial charge in [-0.15, -0.1) is 0 Å². The first-order valence-corrected chi connectivity index (χ1v) is 6.58. The van der Waals surface area contributed by atoms with Crippen molar-refractivity contribution >= 4 is 22.4 Å². The fraction of sp³-hybridized carbons (Fsp3) is 0.312. The van der Waals surface area contributed by atoms with Crippen LogP contribution in [0.1, 0.15) is 6.42 Å². The van der Waals surface area contributed by atoms with Gasteiger partial charge >= 0.3 is 5.97 Å². The lowest BCUT2D eigenvalue weighted by molar-refractivity contribution is -0.138. The molecular weight excluding hydrogens is 238 g/mol. The van der Waals surface area contributed by atoms with E-state index in [1.165, 1.54) is 10.8 Å². The van der Waals surface area contributed by atoms with E-state index in [1.54, 1.807) is 0 Å². The number of carboxylic acids is 1. The predicted octanol–water partition coefficient (Wildman–Crippen LogP) is 3.00. The highest BCUT2D eigenvalue weighted by Crippen LogP contribution is 2.39. The summed E-state index contributed by atoms with van der Waals surface area (Å²) < 4.78 is 0. The minimum atomic E-state index is -0.656. The van der Waals surface area contributed by atoms with Gasteiger partial charge in [-0.3, -0.25) is 4.79 Å². The normalized spacial score (nSPS) is 21.3. The lowest BCUT2D eigenvalue weighted by Gasteiger charge is -2.19. The second-order valence-corrected chi connectivity index (χ2v) is 5.35. The van der Waals surface area contributed by atoms with Crippen molar-refractivity contribution in [2.75, 3.05) is 18.5 Å². The third kappa shape index (κ3) is 2.41. The molecule has 0 saturated heterocycles. The Morgan fingerprint density at radius 3 is 2.68 bits per heavy atom. The van der Waals surface area contributed by atoms with Gasteiger partial charge in [0.1, 0.15) is 0 Å². The molecule has 2 unspecified atom stereocenters. The van der Waals surface area contributed by atoms with Crippen molar-refractivity contribution in [1.29, 1.82) is 0 Å². The SMILES string of the molecule is CN(CC1CC1C(=O)O)c1ccc2ccccc2c1. The van der Waals surface area contributed by atoms with Gasteiger partial charge in [0.15, 0.2) is 0 Å². The molecule has 1 aliphatic carbocycles. The molecule has 0 heterocycles. The van der Waals surface area contributed by atoms with E-state index in [0.717, 1.165) is 18.7 Å². The van der Waals surface area contributed by atoms with E-state index in [0.29, 0.717) is 5.92 Å². The molecule has 0 amide bonds. The summed E-state index contributed by atoms with van der Waals surface area (Å²) in [6.45, 7) is 0.815. The van der Waals surface area contributed by atoms with Gasteiger partial charge in [0.25, 0.3) is 0 Å². The minimum absolute atomic E-state index is 0.136. The smallest absolute Gasteiger partial charge is 0.306 e. The van der Waals surface area contributed by atoms with Crippen LogP contribution in [0.5, 0.6) is 0 Å². The van der Waals surface area contributed by atoms with Crippen molar-refractivity contribution in [3.05, 3.63) is 42.5 Å². The van der Waals surface area contributed by atoms with Gasteiger partial charge in [0.05, 0.1) is 5.92 Å². The Morgan fingerprint density at radius 1 is 1.26 bits per heavy atom. The van der Waals surface area contributed by atoms with Crippen LogP contribution in [0.25, 0.3) is 10.8 Å². The fourth-order valence-corrected chi connectivity index (χ4v) is 2.62. The van der Waals surface area contributed by atoms with E-state index in [-0.39, 0.29) is 5.92 Å². The van der Waals surface area contributed by atoms with Crippen LogP contribution in [0.3, 0.4) is 0 Å². The first-order chi connectivity index (χ1) is 9.15. The molecule has 3 rings (SSSR count). The number of hydrogen-bond donors (Lipinski definition) is 1. The van der Waals surface area contributed by atoms with Crippen molar-refractivity contribution < 1.29 is 9.90 Å². The Hall–Kier alpha value is -2.03. The highest BCUT2D eigenvalue weighted by Gasteiger charge is 2.43. The molecule has 3 heteroatoms. The summed E-state index contributed by atoms with van der Waals surface area (Å²) in [5.41, 5.74) is 1.15. The Balaban J connectivity index is 1.75. The van der Waals surface area contributed by atoms with Crippen molar-refractivity contribution in [2.24, 2.45) is 11.8 Å². The van der Waals surface area contributed by atoms with Crippen LogP contribution in [0.4, 0.5) is 5.69 Å². The van der Waals surface area contributed by atoms with E-state index >= 15 is 0 Å². The maximum atomic E-state index is 10.8. The van der Waals surface area contributed by atoms with E-state index in [9.17, 15) is 4.79 Å². The average Bonchev–Trinajstić information content (AvgIpc) is 3.17. The Kier molecular flexibility index (Phi) is 2.90. The number of rotatable bonds is 4. The van der Waals surface area contributed by atoms with Crippen LogP contribution in [0.15, 0.2) is 42.5 Å². The predicted molar refractivity (Wildman–Crippen MR) is 76.5 cm³/mol. The van der Waals surface area contributed by atoms with Crippen molar-refractivity contribution in [1.82, 2.24) is 0 Å². The zero-order valence-corrected chi connectivity index (χ0v) is 10.9. The Labute approximate surface area is 112 Å². The largest absolute Gasteiger partial charge is 0.481 e. The average molecular weight is 255 g/mol. The molecular formula is C16H17NO2. The quantitative estimate of drug-likeness (QED) is 0.913. The Bertz CT molecular complexity index is 623. The molecule has 19 heavy (non-hydrogen) atoms. The third-order valence-corrected chi connectivity index (χ3v) is 3.92. The molecule has 2 aromatic rings. The molecule has 2 atom stereocenters. The lowest BCUT2D eigenvalue weighted by atomic mass is 10.1. The summed E-state index contributed by atoms with van der Waals surface area (Å²) in [6, 6.07) is 14.6. The molecule has 1 aliphatic rings. The van der Waals surface area contributed by atoms with Crippen LogP contribution in [0, 0.1) is 11.8 Å². The molecule has 0 spiro atoms. The third-order valence-electron chi connectivity index (χ3n) is 3.92. The molecule has 1 saturated carbocycles. The lowest BCUT2D eigenvalue weighted by Crippen LogP contribution is -2.21. The van der Waals surface area contributed by atoms with Gasteiger partial charge in [-0.1, -0.05) is 30.3 Å². The van der Waals surface area contributed by atoms with Gasteiger partial charge in [0, 0.05) is 19.3 Å². The van der Waals surface area contributed by atoms with Crippen LogP contribution in [-0.2, 0) is 4.79 Å². The van der Waals surface area contributed by atoms with Crippen molar-refractivity contribution in [3.63, 3.8) is 0 Å². The maximum Gasteiger partial charge on any atom is 0.306 e. The molecule has 3 nitrogen and oxygen atoms in total. The van der Waals surface area contributed by atoms with E-state index < -0.39 is 5.97 Å². The second kappa shape index (κ2) is 4.57. The number of nitrogens with zero attached hydrogens (tertiary/aromatic N) is 1. The number of hydrogen-bond acceptors (Lipinski definition) is 2. The topological polar surface area (TPSA) is 40.5 Å². The molecule has 0 aliphatic heterocycles. The number of benzene rings is 2. The molecule has 1 N–H and O–H groups in total. The van der Waals surface area contributed by atoms with Gasteiger partial charge in [-0.25, -0.2) is 0 Å². The second-order valence-electron chi connectivity index (χ2n) is 5.35. The first kappa shape index (κ1) is 12.0. The monoisotopic (exact) mass is 255 g/mol. The van der Waals surface area contributed by atoms with Crippen LogP contribution >= 0.6 is 0 Å². The first-order valence-electron chi connectivity index (χ1n) is 6.58. The number of fused-ring (bicyclic) bond motifs is 1. The van der Waals surface area contributed by atoms with E-state index in [1.807, 2.05) is 19.2 Å². The molecule has 98 valence electrons. The summed E-state index contributed by atoms with van der Waals surface area (Å²) in [5.74, 6) is -0.492. The van der Waals surface area contributed by atoms with Crippen LogP contribution in [-0.4, -0.2) is 24.7 Å². The van der Waals surface area contributed by atoms with Gasteiger partial charge in [-0.05, 0) is 35.2 Å². The number of carbonyl (C=O) groups is 1. The number of anilines is 1. The summed E-state index contributed by atoms with van der Waals surface area (Å²) in [6.07, 6.45) is 0.813.